The van der Waals surface area contributed by atoms with Crippen molar-refractivity contribution in [2.75, 3.05) is 0 Å². The second-order valence-corrected chi connectivity index (χ2v) is 4.36. The molecule has 1 fully saturated rings. The molecule has 1 saturated carbocycles. The number of aromatic nitrogens is 2. The van der Waals surface area contributed by atoms with Crippen LogP contribution in [0.15, 0.2) is 29.3 Å². The molecule has 0 aliphatic heterocycles. The zero-order valence-electron chi connectivity index (χ0n) is 9.07. The van der Waals surface area contributed by atoms with Crippen molar-refractivity contribution in [2.24, 2.45) is 0 Å². The van der Waals surface area contributed by atoms with Gasteiger partial charge in [0.1, 0.15) is 0 Å². The standard InChI is InChI=1S/C12H16N2O/c1-9(2)7-14-8-13-11(6-12(14)15)10-4-3-5-10/h6,8,10H,1,3-5,7H2,2H3. The van der Waals surface area contributed by atoms with Gasteiger partial charge in [-0.1, -0.05) is 18.6 Å². The van der Waals surface area contributed by atoms with Gasteiger partial charge in [0.25, 0.3) is 5.56 Å². The van der Waals surface area contributed by atoms with Crippen LogP contribution in [0.1, 0.15) is 37.8 Å². The third-order valence-corrected chi connectivity index (χ3v) is 2.86. The van der Waals surface area contributed by atoms with Gasteiger partial charge in [0.15, 0.2) is 0 Å². The molecule has 0 spiro atoms. The van der Waals surface area contributed by atoms with Gasteiger partial charge in [-0.25, -0.2) is 4.98 Å². The lowest BCUT2D eigenvalue weighted by Crippen LogP contribution is -2.23. The highest BCUT2D eigenvalue weighted by Gasteiger charge is 2.21. The van der Waals surface area contributed by atoms with Gasteiger partial charge in [-0.15, -0.1) is 0 Å². The fraction of sp³-hybridized carbons (Fsp3) is 0.500. The number of rotatable bonds is 3. The Balaban J connectivity index is 2.22. The third kappa shape index (κ3) is 2.17. The minimum atomic E-state index is 0.0369. The Morgan fingerprint density at radius 1 is 1.67 bits per heavy atom. The van der Waals surface area contributed by atoms with Gasteiger partial charge in [0.05, 0.1) is 12.0 Å². The van der Waals surface area contributed by atoms with Crippen LogP contribution in [0.5, 0.6) is 0 Å². The monoisotopic (exact) mass is 204 g/mol. The summed E-state index contributed by atoms with van der Waals surface area (Å²) in [6.07, 6.45) is 5.26. The van der Waals surface area contributed by atoms with E-state index in [0.717, 1.165) is 11.3 Å². The average molecular weight is 204 g/mol. The summed E-state index contributed by atoms with van der Waals surface area (Å²) in [6.45, 7) is 6.26. The van der Waals surface area contributed by atoms with E-state index in [9.17, 15) is 4.79 Å². The van der Waals surface area contributed by atoms with Crippen LogP contribution in [0.2, 0.25) is 0 Å². The summed E-state index contributed by atoms with van der Waals surface area (Å²) in [5.41, 5.74) is 1.97. The smallest absolute Gasteiger partial charge is 0.253 e. The summed E-state index contributed by atoms with van der Waals surface area (Å²) in [6, 6.07) is 1.67. The van der Waals surface area contributed by atoms with Crippen LogP contribution in [-0.2, 0) is 6.54 Å². The molecule has 2 rings (SSSR count). The molecule has 1 aromatic rings. The van der Waals surface area contributed by atoms with Crippen molar-refractivity contribution in [3.63, 3.8) is 0 Å². The second kappa shape index (κ2) is 4.01. The molecule has 1 heterocycles. The van der Waals surface area contributed by atoms with Gasteiger partial charge in [-0.05, 0) is 19.8 Å². The molecule has 0 amide bonds. The van der Waals surface area contributed by atoms with Gasteiger partial charge in [0.2, 0.25) is 0 Å². The summed E-state index contributed by atoms with van der Waals surface area (Å²) >= 11 is 0. The minimum Gasteiger partial charge on any atom is -0.295 e. The molecule has 1 aliphatic carbocycles. The highest BCUT2D eigenvalue weighted by atomic mass is 16.1. The van der Waals surface area contributed by atoms with Gasteiger partial charge >= 0.3 is 0 Å². The summed E-state index contributed by atoms with van der Waals surface area (Å²) < 4.78 is 1.60. The predicted octanol–water partition coefficient (Wildman–Crippen LogP) is 2.09. The van der Waals surface area contributed by atoms with Crippen LogP contribution in [0, 0.1) is 0 Å². The molecule has 0 aromatic carbocycles. The predicted molar refractivity (Wildman–Crippen MR) is 59.9 cm³/mol. The second-order valence-electron chi connectivity index (χ2n) is 4.36. The van der Waals surface area contributed by atoms with Crippen LogP contribution in [0.3, 0.4) is 0 Å². The molecule has 15 heavy (non-hydrogen) atoms. The van der Waals surface area contributed by atoms with Crippen LogP contribution < -0.4 is 5.56 Å². The minimum absolute atomic E-state index is 0.0369. The Hall–Kier alpha value is -1.38. The van der Waals surface area contributed by atoms with E-state index < -0.39 is 0 Å². The Morgan fingerprint density at radius 2 is 2.40 bits per heavy atom. The van der Waals surface area contributed by atoms with Crippen molar-refractivity contribution in [3.05, 3.63) is 40.6 Å². The lowest BCUT2D eigenvalue weighted by molar-refractivity contribution is 0.409. The number of hydrogen-bond acceptors (Lipinski definition) is 2. The molecule has 1 aliphatic rings. The largest absolute Gasteiger partial charge is 0.295 e. The third-order valence-electron chi connectivity index (χ3n) is 2.86. The first-order valence-corrected chi connectivity index (χ1v) is 5.37. The molecule has 0 N–H and O–H groups in total. The maximum Gasteiger partial charge on any atom is 0.253 e. The first kappa shape index (κ1) is 10.1. The molecule has 0 unspecified atom stereocenters. The molecule has 3 heteroatoms. The molecule has 0 radical (unpaired) electrons. The van der Waals surface area contributed by atoms with Crippen LogP contribution >= 0.6 is 0 Å². The molecule has 0 saturated heterocycles. The average Bonchev–Trinajstić information content (AvgIpc) is 2.06. The van der Waals surface area contributed by atoms with E-state index in [4.69, 9.17) is 0 Å². The lowest BCUT2D eigenvalue weighted by Gasteiger charge is -2.24. The number of nitrogens with zero attached hydrogens (tertiary/aromatic N) is 2. The van der Waals surface area contributed by atoms with Crippen molar-refractivity contribution >= 4 is 0 Å². The number of allylic oxidation sites excluding steroid dienone is 1. The SMILES string of the molecule is C=C(C)Cn1cnc(C2CCC2)cc1=O. The van der Waals surface area contributed by atoms with Crippen molar-refractivity contribution in [3.8, 4) is 0 Å². The highest BCUT2D eigenvalue weighted by molar-refractivity contribution is 5.10. The topological polar surface area (TPSA) is 34.9 Å². The Morgan fingerprint density at radius 3 is 2.87 bits per heavy atom. The van der Waals surface area contributed by atoms with Crippen LogP contribution in [0.4, 0.5) is 0 Å². The Bertz CT molecular complexity index is 429. The first-order chi connectivity index (χ1) is 7.16. The Labute approximate surface area is 89.5 Å². The quantitative estimate of drug-likeness (QED) is 0.706. The molecule has 1 aromatic heterocycles. The highest BCUT2D eigenvalue weighted by Crippen LogP contribution is 2.34. The van der Waals surface area contributed by atoms with E-state index in [0.29, 0.717) is 12.5 Å². The van der Waals surface area contributed by atoms with E-state index >= 15 is 0 Å². The Kier molecular flexibility index (Phi) is 2.71. The summed E-state index contributed by atoms with van der Waals surface area (Å²) in [5, 5.41) is 0. The zero-order chi connectivity index (χ0) is 10.8. The number of hydrogen-bond donors (Lipinski definition) is 0. The van der Waals surface area contributed by atoms with Crippen molar-refractivity contribution in [1.29, 1.82) is 0 Å². The van der Waals surface area contributed by atoms with Crippen LogP contribution in [0.25, 0.3) is 0 Å². The lowest BCUT2D eigenvalue weighted by atomic mass is 9.83. The van der Waals surface area contributed by atoms with Crippen LogP contribution in [-0.4, -0.2) is 9.55 Å². The van der Waals surface area contributed by atoms with Gasteiger partial charge in [-0.3, -0.25) is 9.36 Å². The van der Waals surface area contributed by atoms with E-state index in [1.54, 1.807) is 17.0 Å². The van der Waals surface area contributed by atoms with E-state index in [2.05, 4.69) is 11.6 Å². The molecule has 80 valence electrons. The van der Waals surface area contributed by atoms with Gasteiger partial charge < -0.3 is 0 Å². The maximum absolute atomic E-state index is 11.7. The summed E-state index contributed by atoms with van der Waals surface area (Å²) in [7, 11) is 0. The molecule has 3 nitrogen and oxygen atoms in total. The first-order valence-electron chi connectivity index (χ1n) is 5.37. The normalized spacial score (nSPS) is 16.1. The zero-order valence-corrected chi connectivity index (χ0v) is 9.07. The van der Waals surface area contributed by atoms with E-state index in [1.807, 2.05) is 6.92 Å². The maximum atomic E-state index is 11.7. The molecular formula is C12H16N2O. The fourth-order valence-corrected chi connectivity index (χ4v) is 1.78. The van der Waals surface area contributed by atoms with Gasteiger partial charge in [-0.2, -0.15) is 0 Å². The van der Waals surface area contributed by atoms with E-state index in [1.165, 1.54) is 19.3 Å². The van der Waals surface area contributed by atoms with Crippen molar-refractivity contribution < 1.29 is 0 Å². The molecular weight excluding hydrogens is 188 g/mol. The molecule has 0 atom stereocenters. The van der Waals surface area contributed by atoms with E-state index in [-0.39, 0.29) is 5.56 Å². The van der Waals surface area contributed by atoms with Gasteiger partial charge in [0, 0.05) is 18.5 Å². The summed E-state index contributed by atoms with van der Waals surface area (Å²) in [5.74, 6) is 0.525. The van der Waals surface area contributed by atoms with Crippen molar-refractivity contribution in [1.82, 2.24) is 9.55 Å². The molecule has 0 bridgehead atoms. The summed E-state index contributed by atoms with van der Waals surface area (Å²) in [4.78, 5) is 16.0. The van der Waals surface area contributed by atoms with Crippen molar-refractivity contribution in [2.45, 2.75) is 38.6 Å². The fourth-order valence-electron chi connectivity index (χ4n) is 1.78.